The molecule has 0 saturated heterocycles. The second-order valence-electron chi connectivity index (χ2n) is 5.41. The number of likely N-dealkylation sites (N-methyl/N-ethyl adjacent to an activating group) is 1. The number of quaternary nitrogens is 1. The van der Waals surface area contributed by atoms with Crippen LogP contribution in [0.15, 0.2) is 12.2 Å². The molecule has 1 atom stereocenters. The van der Waals surface area contributed by atoms with Crippen molar-refractivity contribution in [2.75, 3.05) is 60.7 Å². The van der Waals surface area contributed by atoms with E-state index in [9.17, 15) is 14.3 Å². The van der Waals surface area contributed by atoms with Gasteiger partial charge < -0.3 is 27.9 Å². The summed E-state index contributed by atoms with van der Waals surface area (Å²) in [6.07, 6.45) is 0. The summed E-state index contributed by atoms with van der Waals surface area (Å²) in [4.78, 5) is 22.7. The van der Waals surface area contributed by atoms with Crippen LogP contribution in [0.4, 0.5) is 0 Å². The van der Waals surface area contributed by atoms with Crippen molar-refractivity contribution in [2.45, 2.75) is 6.92 Å². The Morgan fingerprint density at radius 2 is 1.68 bits per heavy atom. The second-order valence-corrected chi connectivity index (χ2v) is 6.82. The van der Waals surface area contributed by atoms with Gasteiger partial charge in [-0.15, -0.1) is 0 Å². The highest BCUT2D eigenvalue weighted by Gasteiger charge is 2.18. The lowest BCUT2D eigenvalue weighted by Crippen LogP contribution is -2.45. The summed E-state index contributed by atoms with van der Waals surface area (Å²) in [5.74, 6) is -0.438. The predicted octanol–water partition coefficient (Wildman–Crippen LogP) is 0.330. The van der Waals surface area contributed by atoms with E-state index < -0.39 is 13.8 Å². The third kappa shape index (κ3) is 10.9. The molecule has 0 aliphatic rings. The van der Waals surface area contributed by atoms with Crippen LogP contribution in [-0.4, -0.2) is 71.2 Å². The van der Waals surface area contributed by atoms with Gasteiger partial charge in [-0.3, -0.25) is 4.57 Å². The van der Waals surface area contributed by atoms with Gasteiger partial charge in [0.2, 0.25) is 0 Å². The summed E-state index contributed by atoms with van der Waals surface area (Å²) in [5.41, 5.74) is 0.342. The summed E-state index contributed by atoms with van der Waals surface area (Å²) < 4.78 is 30.9. The van der Waals surface area contributed by atoms with E-state index in [1.807, 2.05) is 14.1 Å². The molecule has 0 aliphatic heterocycles. The van der Waals surface area contributed by atoms with Gasteiger partial charge in [-0.1, -0.05) is 6.58 Å². The molecule has 0 radical (unpaired) electrons. The highest BCUT2D eigenvalue weighted by Crippen LogP contribution is 2.37. The Bertz CT molecular complexity index is 411. The molecule has 0 bridgehead atoms. The molecule has 0 aliphatic carbocycles. The number of phosphoric acid groups is 1. The molecule has 8 nitrogen and oxygen atoms in total. The number of methoxy groups -OCH3 is 1. The lowest BCUT2D eigenvalue weighted by atomic mass is 10.4. The number of rotatable bonds is 12. The van der Waals surface area contributed by atoms with E-state index in [2.05, 4.69) is 15.8 Å². The number of phosphoric ester groups is 1. The first-order chi connectivity index (χ1) is 10.1. The fraction of sp³-hybridized carbons (Fsp3) is 0.769. The third-order valence-corrected chi connectivity index (χ3v) is 3.76. The van der Waals surface area contributed by atoms with Gasteiger partial charge in [-0.2, -0.15) is 0 Å². The second kappa shape index (κ2) is 10.1. The van der Waals surface area contributed by atoms with E-state index >= 15 is 0 Å². The van der Waals surface area contributed by atoms with E-state index in [4.69, 9.17) is 9.26 Å². The van der Waals surface area contributed by atoms with Crippen molar-refractivity contribution < 1.29 is 37.3 Å². The zero-order valence-electron chi connectivity index (χ0n) is 13.7. The van der Waals surface area contributed by atoms with Crippen LogP contribution in [0, 0.1) is 0 Å². The molecular formula is C13H26NO7P. The van der Waals surface area contributed by atoms with E-state index in [-0.39, 0.29) is 26.4 Å². The highest BCUT2D eigenvalue weighted by molar-refractivity contribution is 7.45. The Kier molecular flexibility index (Phi) is 9.75. The van der Waals surface area contributed by atoms with Crippen molar-refractivity contribution in [3.05, 3.63) is 12.2 Å². The maximum absolute atomic E-state index is 11.4. The fourth-order valence-electron chi connectivity index (χ4n) is 1.29. The Morgan fingerprint density at radius 1 is 1.14 bits per heavy atom. The summed E-state index contributed by atoms with van der Waals surface area (Å²) in [6.45, 7) is 6.31. The van der Waals surface area contributed by atoms with Gasteiger partial charge >= 0.3 is 5.97 Å². The molecule has 0 N–H and O–H groups in total. The lowest BCUT2D eigenvalue weighted by molar-refractivity contribution is -0.890. The Hall–Kier alpha value is -0.760. The van der Waals surface area contributed by atoms with Crippen LogP contribution >= 0.6 is 7.82 Å². The maximum atomic E-state index is 11.4. The minimum Gasteiger partial charge on any atom is -0.756 e. The standard InChI is InChI=1S/C13H26NO7P/c1-12(2)13(15)19-8-6-14(3,4)7-9-20-22(16,17)21-11-10-18-5/h1,6-11H2,2-5H3. The lowest BCUT2D eigenvalue weighted by Gasteiger charge is -2.30. The number of hydrogen-bond acceptors (Lipinski definition) is 7. The minimum absolute atomic E-state index is 0.0187. The maximum Gasteiger partial charge on any atom is 0.333 e. The molecule has 9 heteroatoms. The molecule has 22 heavy (non-hydrogen) atoms. The van der Waals surface area contributed by atoms with E-state index in [1.165, 1.54) is 7.11 Å². The SMILES string of the molecule is C=C(C)C(=O)OCC[N+](C)(C)CCOP(=O)([O-])OCCOC. The molecular weight excluding hydrogens is 313 g/mol. The summed E-state index contributed by atoms with van der Waals surface area (Å²) >= 11 is 0. The van der Waals surface area contributed by atoms with Crippen molar-refractivity contribution in [3.8, 4) is 0 Å². The van der Waals surface area contributed by atoms with Crippen LogP contribution in [0.1, 0.15) is 6.92 Å². The monoisotopic (exact) mass is 339 g/mol. The van der Waals surface area contributed by atoms with Crippen LogP contribution in [0.5, 0.6) is 0 Å². The summed E-state index contributed by atoms with van der Waals surface area (Å²) in [5, 5.41) is 0. The quantitative estimate of drug-likeness (QED) is 0.166. The van der Waals surface area contributed by atoms with Gasteiger partial charge in [0.15, 0.2) is 0 Å². The molecule has 0 rings (SSSR count). The average Bonchev–Trinajstić information content (AvgIpc) is 2.37. The van der Waals surface area contributed by atoms with Gasteiger partial charge in [0.1, 0.15) is 26.3 Å². The largest absolute Gasteiger partial charge is 0.756 e. The molecule has 0 amide bonds. The highest BCUT2D eigenvalue weighted by atomic mass is 31.2. The first kappa shape index (κ1) is 21.2. The van der Waals surface area contributed by atoms with Crippen molar-refractivity contribution in [3.63, 3.8) is 0 Å². The number of hydrogen-bond donors (Lipinski definition) is 0. The average molecular weight is 339 g/mol. The normalized spacial score (nSPS) is 14.4. The summed E-state index contributed by atoms with van der Waals surface area (Å²) in [7, 11) is 0.894. The molecule has 0 aromatic carbocycles. The van der Waals surface area contributed by atoms with Crippen LogP contribution in [0.25, 0.3) is 0 Å². The Labute approximate surface area is 131 Å². The fourth-order valence-corrected chi connectivity index (χ4v) is 1.97. The molecule has 1 unspecified atom stereocenters. The first-order valence-corrected chi connectivity index (χ1v) is 8.29. The molecule has 0 fully saturated rings. The zero-order chi connectivity index (χ0) is 17.2. The topological polar surface area (TPSA) is 94.1 Å². The van der Waals surface area contributed by atoms with Gasteiger partial charge in [0.25, 0.3) is 7.82 Å². The molecule has 0 saturated carbocycles. The van der Waals surface area contributed by atoms with E-state index in [1.54, 1.807) is 6.92 Å². The number of nitrogens with zero attached hydrogens (tertiary/aromatic N) is 1. The van der Waals surface area contributed by atoms with E-state index in [0.717, 1.165) is 0 Å². The summed E-state index contributed by atoms with van der Waals surface area (Å²) in [6, 6.07) is 0. The van der Waals surface area contributed by atoms with Gasteiger partial charge in [-0.05, 0) is 6.92 Å². The van der Waals surface area contributed by atoms with Gasteiger partial charge in [0.05, 0.1) is 27.3 Å². The third-order valence-electron chi connectivity index (χ3n) is 2.76. The Morgan fingerprint density at radius 3 is 2.23 bits per heavy atom. The van der Waals surface area contributed by atoms with Crippen LogP contribution in [0.3, 0.4) is 0 Å². The number of esters is 1. The molecule has 0 heterocycles. The van der Waals surface area contributed by atoms with Crippen LogP contribution in [0.2, 0.25) is 0 Å². The van der Waals surface area contributed by atoms with Crippen molar-refractivity contribution in [1.29, 1.82) is 0 Å². The number of carbonyl (C=O) groups is 1. The zero-order valence-corrected chi connectivity index (χ0v) is 14.6. The van der Waals surface area contributed by atoms with Crippen LogP contribution < -0.4 is 4.89 Å². The molecule has 130 valence electrons. The van der Waals surface area contributed by atoms with Crippen LogP contribution in [-0.2, 0) is 27.9 Å². The predicted molar refractivity (Wildman–Crippen MR) is 79.0 cm³/mol. The molecule has 0 spiro atoms. The van der Waals surface area contributed by atoms with Gasteiger partial charge in [-0.25, -0.2) is 4.79 Å². The Balaban J connectivity index is 3.98. The number of carbonyl (C=O) groups excluding carboxylic acids is 1. The van der Waals surface area contributed by atoms with Crippen molar-refractivity contribution in [1.82, 2.24) is 0 Å². The van der Waals surface area contributed by atoms with E-state index in [0.29, 0.717) is 23.1 Å². The van der Waals surface area contributed by atoms with Crippen molar-refractivity contribution in [2.24, 2.45) is 0 Å². The van der Waals surface area contributed by atoms with Gasteiger partial charge in [0, 0.05) is 12.7 Å². The smallest absolute Gasteiger partial charge is 0.333 e. The minimum atomic E-state index is -4.30. The first-order valence-electron chi connectivity index (χ1n) is 6.83. The number of ether oxygens (including phenoxy) is 2. The molecule has 0 aromatic rings. The molecule has 0 aromatic heterocycles. The van der Waals surface area contributed by atoms with Crippen molar-refractivity contribution >= 4 is 13.8 Å².